The van der Waals surface area contributed by atoms with Crippen molar-refractivity contribution in [3.8, 4) is 0 Å². The van der Waals surface area contributed by atoms with Crippen molar-refractivity contribution in [1.82, 2.24) is 4.90 Å². The Bertz CT molecular complexity index is 370. The largest absolute Gasteiger partial charge is 0.319 e. The smallest absolute Gasteiger partial charge is 0.229 e. The fraction of sp³-hybridized carbons (Fsp3) is 0.737. The van der Waals surface area contributed by atoms with Crippen LogP contribution in [0.1, 0.15) is 64.7 Å². The second-order valence-electron chi connectivity index (χ2n) is 6.75. The lowest BCUT2D eigenvalue weighted by Gasteiger charge is -2.17. The number of carbonyl (C=O) groups excluding carboxylic acids is 1. The predicted molar refractivity (Wildman–Crippen MR) is 88.7 cm³/mol. The first-order chi connectivity index (χ1) is 10.3. The first kappa shape index (κ1) is 16.3. The summed E-state index contributed by atoms with van der Waals surface area (Å²) >= 11 is 0. The topological polar surface area (TPSA) is 20.3 Å². The van der Waals surface area contributed by atoms with Crippen LogP contribution in [0.2, 0.25) is 0 Å². The highest BCUT2D eigenvalue weighted by atomic mass is 16.2. The van der Waals surface area contributed by atoms with Gasteiger partial charge < -0.3 is 4.90 Å². The molecule has 0 aliphatic heterocycles. The number of allylic oxidation sites excluding steroid dienone is 2. The molecule has 0 heterocycles. The van der Waals surface area contributed by atoms with Crippen LogP contribution in [0.15, 0.2) is 24.9 Å². The minimum Gasteiger partial charge on any atom is -0.319 e. The van der Waals surface area contributed by atoms with Crippen molar-refractivity contribution in [3.63, 3.8) is 0 Å². The van der Waals surface area contributed by atoms with Gasteiger partial charge in [0.2, 0.25) is 5.91 Å². The predicted octanol–water partition coefficient (Wildman–Crippen LogP) is 4.92. The van der Waals surface area contributed by atoms with Crippen molar-refractivity contribution in [3.05, 3.63) is 24.9 Å². The van der Waals surface area contributed by atoms with Crippen molar-refractivity contribution < 1.29 is 4.79 Å². The van der Waals surface area contributed by atoms with Crippen molar-refractivity contribution in [2.45, 2.75) is 64.7 Å². The third-order valence-electron chi connectivity index (χ3n) is 4.78. The van der Waals surface area contributed by atoms with Crippen molar-refractivity contribution in [2.75, 3.05) is 6.54 Å². The number of amides is 1. The van der Waals surface area contributed by atoms with E-state index in [1.54, 1.807) is 6.20 Å². The van der Waals surface area contributed by atoms with E-state index in [-0.39, 0.29) is 0 Å². The summed E-state index contributed by atoms with van der Waals surface area (Å²) in [5.41, 5.74) is 0. The van der Waals surface area contributed by atoms with Gasteiger partial charge in [0, 0.05) is 12.5 Å². The molecule has 2 nitrogen and oxygen atoms in total. The highest BCUT2D eigenvalue weighted by molar-refractivity contribution is 5.81. The molecule has 1 amide bonds. The fourth-order valence-corrected chi connectivity index (χ4v) is 3.02. The number of hydrogen-bond donors (Lipinski definition) is 0. The van der Waals surface area contributed by atoms with Crippen molar-refractivity contribution in [1.29, 1.82) is 0 Å². The van der Waals surface area contributed by atoms with E-state index < -0.39 is 0 Å². The van der Waals surface area contributed by atoms with Crippen LogP contribution < -0.4 is 0 Å². The molecule has 2 aliphatic rings. The Morgan fingerprint density at radius 3 is 2.62 bits per heavy atom. The summed E-state index contributed by atoms with van der Waals surface area (Å²) in [6.45, 7) is 6.96. The summed E-state index contributed by atoms with van der Waals surface area (Å²) in [6, 6.07) is 0. The van der Waals surface area contributed by atoms with Crippen LogP contribution in [0.25, 0.3) is 0 Å². The molecule has 2 unspecified atom stereocenters. The third kappa shape index (κ3) is 5.68. The van der Waals surface area contributed by atoms with Gasteiger partial charge in [0.15, 0.2) is 0 Å². The molecular formula is C19H31NO. The first-order valence-corrected chi connectivity index (χ1v) is 8.84. The average Bonchev–Trinajstić information content (AvgIpc) is 3.38. The molecule has 0 aromatic carbocycles. The van der Waals surface area contributed by atoms with Gasteiger partial charge >= 0.3 is 0 Å². The lowest BCUT2D eigenvalue weighted by atomic mass is 10.1. The first-order valence-electron chi connectivity index (χ1n) is 8.84. The molecule has 2 rings (SSSR count). The third-order valence-corrected chi connectivity index (χ3v) is 4.78. The van der Waals surface area contributed by atoms with Crippen LogP contribution in [-0.2, 0) is 4.79 Å². The quantitative estimate of drug-likeness (QED) is 0.390. The van der Waals surface area contributed by atoms with Crippen LogP contribution in [-0.4, -0.2) is 17.4 Å². The Kier molecular flexibility index (Phi) is 6.53. The summed E-state index contributed by atoms with van der Waals surface area (Å²) in [6.07, 6.45) is 17.6. The zero-order chi connectivity index (χ0) is 15.1. The molecule has 2 aliphatic carbocycles. The minimum absolute atomic E-state index is 0.311. The maximum absolute atomic E-state index is 12.0. The molecule has 2 heteroatoms. The van der Waals surface area contributed by atoms with Gasteiger partial charge in [-0.05, 0) is 63.0 Å². The van der Waals surface area contributed by atoms with E-state index in [4.69, 9.17) is 0 Å². The van der Waals surface area contributed by atoms with Crippen LogP contribution in [0.5, 0.6) is 0 Å². The minimum atomic E-state index is 0.311. The van der Waals surface area contributed by atoms with Gasteiger partial charge in [0.05, 0.1) is 0 Å². The van der Waals surface area contributed by atoms with E-state index in [0.717, 1.165) is 31.2 Å². The van der Waals surface area contributed by atoms with Gasteiger partial charge in [0.1, 0.15) is 0 Å². The van der Waals surface area contributed by atoms with Gasteiger partial charge in [-0.25, -0.2) is 0 Å². The molecule has 0 saturated heterocycles. The van der Waals surface area contributed by atoms with Gasteiger partial charge in [-0.3, -0.25) is 4.79 Å². The maximum Gasteiger partial charge on any atom is 0.229 e. The number of carbonyl (C=O) groups is 1. The van der Waals surface area contributed by atoms with E-state index >= 15 is 0 Å². The molecule has 2 saturated carbocycles. The molecule has 0 spiro atoms. The fourth-order valence-electron chi connectivity index (χ4n) is 3.02. The Hall–Kier alpha value is -1.05. The molecule has 2 fully saturated rings. The molecule has 0 aromatic rings. The molecule has 2 atom stereocenters. The standard InChI is InChI=1S/C19H31NO/c1-3-5-6-7-8-9-10-11-17-14-18(17)15-20(4-2)19(21)16-12-13-16/h4,8-9,16-18H,2-3,5-7,10-15H2,1H3/b9-8-. The Labute approximate surface area is 130 Å². The Morgan fingerprint density at radius 1 is 1.19 bits per heavy atom. The summed E-state index contributed by atoms with van der Waals surface area (Å²) in [4.78, 5) is 13.9. The molecule has 21 heavy (non-hydrogen) atoms. The van der Waals surface area contributed by atoms with Crippen LogP contribution >= 0.6 is 0 Å². The number of hydrogen-bond acceptors (Lipinski definition) is 1. The molecule has 0 bridgehead atoms. The SMILES string of the molecule is C=CN(CC1CC1CC/C=C\CCCCC)C(=O)C1CC1. The second-order valence-corrected chi connectivity index (χ2v) is 6.75. The normalized spacial score (nSPS) is 24.2. The maximum atomic E-state index is 12.0. The summed E-state index contributed by atoms with van der Waals surface area (Å²) in [5.74, 6) is 2.18. The number of nitrogens with zero attached hydrogens (tertiary/aromatic N) is 1. The summed E-state index contributed by atoms with van der Waals surface area (Å²) < 4.78 is 0. The summed E-state index contributed by atoms with van der Waals surface area (Å²) in [7, 11) is 0. The number of rotatable bonds is 11. The van der Waals surface area contributed by atoms with E-state index in [2.05, 4.69) is 25.7 Å². The lowest BCUT2D eigenvalue weighted by molar-refractivity contribution is -0.130. The van der Waals surface area contributed by atoms with E-state index in [0.29, 0.717) is 11.8 Å². The van der Waals surface area contributed by atoms with Gasteiger partial charge in [-0.15, -0.1) is 0 Å². The molecular weight excluding hydrogens is 258 g/mol. The molecule has 0 radical (unpaired) electrons. The Morgan fingerprint density at radius 2 is 1.95 bits per heavy atom. The zero-order valence-electron chi connectivity index (χ0n) is 13.6. The highest BCUT2D eigenvalue weighted by Crippen LogP contribution is 2.43. The van der Waals surface area contributed by atoms with Gasteiger partial charge in [0.25, 0.3) is 0 Å². The van der Waals surface area contributed by atoms with E-state index in [1.807, 2.05) is 4.90 Å². The monoisotopic (exact) mass is 289 g/mol. The molecule has 118 valence electrons. The van der Waals surface area contributed by atoms with Crippen molar-refractivity contribution >= 4 is 5.91 Å². The van der Waals surface area contributed by atoms with Crippen LogP contribution in [0.3, 0.4) is 0 Å². The van der Waals surface area contributed by atoms with Crippen molar-refractivity contribution in [2.24, 2.45) is 17.8 Å². The molecule has 0 aromatic heterocycles. The van der Waals surface area contributed by atoms with E-state index in [1.165, 1.54) is 44.9 Å². The second kappa shape index (κ2) is 8.41. The van der Waals surface area contributed by atoms with Crippen LogP contribution in [0.4, 0.5) is 0 Å². The van der Waals surface area contributed by atoms with E-state index in [9.17, 15) is 4.79 Å². The van der Waals surface area contributed by atoms with Crippen LogP contribution in [0, 0.1) is 17.8 Å². The average molecular weight is 289 g/mol. The zero-order valence-corrected chi connectivity index (χ0v) is 13.6. The lowest BCUT2D eigenvalue weighted by Crippen LogP contribution is -2.29. The molecule has 0 N–H and O–H groups in total. The highest BCUT2D eigenvalue weighted by Gasteiger charge is 2.40. The number of unbranched alkanes of at least 4 members (excludes halogenated alkanes) is 3. The summed E-state index contributed by atoms with van der Waals surface area (Å²) in [5, 5.41) is 0. The van der Waals surface area contributed by atoms with Gasteiger partial charge in [-0.1, -0.05) is 38.5 Å². The Balaban J connectivity index is 1.55. The van der Waals surface area contributed by atoms with Gasteiger partial charge in [-0.2, -0.15) is 0 Å².